The summed E-state index contributed by atoms with van der Waals surface area (Å²) in [6.45, 7) is 7.25. The smallest absolute Gasteiger partial charge is 0.315 e. The van der Waals surface area contributed by atoms with E-state index >= 15 is 0 Å². The third kappa shape index (κ3) is 5.10. The SMILES string of the molecule is Cc1cc(CNC(=O)NC2CCCN(Cc3ccccc3)C2)c(C)o1. The molecule has 25 heavy (non-hydrogen) atoms. The monoisotopic (exact) mass is 341 g/mol. The highest BCUT2D eigenvalue weighted by Crippen LogP contribution is 2.15. The first-order valence-electron chi connectivity index (χ1n) is 8.96. The van der Waals surface area contributed by atoms with Crippen LogP contribution >= 0.6 is 0 Å². The van der Waals surface area contributed by atoms with Gasteiger partial charge in [0.25, 0.3) is 0 Å². The van der Waals surface area contributed by atoms with Gasteiger partial charge >= 0.3 is 6.03 Å². The van der Waals surface area contributed by atoms with E-state index in [1.54, 1.807) is 0 Å². The summed E-state index contributed by atoms with van der Waals surface area (Å²) in [6.07, 6.45) is 2.14. The first kappa shape index (κ1) is 17.5. The second-order valence-electron chi connectivity index (χ2n) is 6.83. The highest BCUT2D eigenvalue weighted by molar-refractivity contribution is 5.74. The molecule has 1 aliphatic heterocycles. The zero-order chi connectivity index (χ0) is 17.6. The maximum atomic E-state index is 12.2. The molecule has 1 fully saturated rings. The first-order chi connectivity index (χ1) is 12.1. The third-order valence-corrected chi connectivity index (χ3v) is 4.67. The maximum Gasteiger partial charge on any atom is 0.315 e. The normalized spacial score (nSPS) is 18.1. The van der Waals surface area contributed by atoms with Gasteiger partial charge in [0.15, 0.2) is 0 Å². The number of amides is 2. The highest BCUT2D eigenvalue weighted by atomic mass is 16.3. The van der Waals surface area contributed by atoms with E-state index in [9.17, 15) is 4.79 Å². The number of benzene rings is 1. The molecule has 2 aromatic rings. The standard InChI is InChI=1S/C20H27N3O2/c1-15-11-18(16(2)25-15)12-21-20(24)22-19-9-6-10-23(14-19)13-17-7-4-3-5-8-17/h3-5,7-8,11,19H,6,9-10,12-14H2,1-2H3,(H2,21,22,24). The van der Waals surface area contributed by atoms with Gasteiger partial charge in [0.1, 0.15) is 11.5 Å². The van der Waals surface area contributed by atoms with E-state index in [1.165, 1.54) is 5.56 Å². The van der Waals surface area contributed by atoms with Gasteiger partial charge in [0.2, 0.25) is 0 Å². The van der Waals surface area contributed by atoms with Gasteiger partial charge in [-0.05, 0) is 44.9 Å². The fourth-order valence-corrected chi connectivity index (χ4v) is 3.43. The number of hydrogen-bond donors (Lipinski definition) is 2. The quantitative estimate of drug-likeness (QED) is 0.877. The molecule has 1 aromatic carbocycles. The van der Waals surface area contributed by atoms with Crippen molar-refractivity contribution in [3.63, 3.8) is 0 Å². The minimum absolute atomic E-state index is 0.107. The number of furan rings is 1. The summed E-state index contributed by atoms with van der Waals surface area (Å²) in [5.41, 5.74) is 2.35. The van der Waals surface area contributed by atoms with Crippen LogP contribution in [0.5, 0.6) is 0 Å². The van der Waals surface area contributed by atoms with Gasteiger partial charge in [-0.1, -0.05) is 30.3 Å². The van der Waals surface area contributed by atoms with Gasteiger partial charge in [-0.25, -0.2) is 4.79 Å². The van der Waals surface area contributed by atoms with Crippen LogP contribution in [0.4, 0.5) is 4.79 Å². The van der Waals surface area contributed by atoms with Crippen molar-refractivity contribution in [1.29, 1.82) is 0 Å². The third-order valence-electron chi connectivity index (χ3n) is 4.67. The van der Waals surface area contributed by atoms with Crippen molar-refractivity contribution < 1.29 is 9.21 Å². The van der Waals surface area contributed by atoms with Crippen LogP contribution in [0.1, 0.15) is 35.5 Å². The molecule has 1 atom stereocenters. The van der Waals surface area contributed by atoms with Crippen molar-refractivity contribution in [3.8, 4) is 0 Å². The number of likely N-dealkylation sites (tertiary alicyclic amines) is 1. The van der Waals surface area contributed by atoms with E-state index in [4.69, 9.17) is 4.42 Å². The van der Waals surface area contributed by atoms with Gasteiger partial charge in [-0.2, -0.15) is 0 Å². The molecule has 0 radical (unpaired) electrons. The van der Waals surface area contributed by atoms with Crippen molar-refractivity contribution in [2.24, 2.45) is 0 Å². The molecule has 3 rings (SSSR count). The number of urea groups is 1. The molecule has 2 N–H and O–H groups in total. The number of rotatable bonds is 5. The van der Waals surface area contributed by atoms with E-state index in [-0.39, 0.29) is 12.1 Å². The molecule has 1 unspecified atom stereocenters. The molecule has 0 saturated carbocycles. The topological polar surface area (TPSA) is 57.5 Å². The summed E-state index contributed by atoms with van der Waals surface area (Å²) in [6, 6.07) is 12.5. The van der Waals surface area contributed by atoms with Crippen LogP contribution in [0.25, 0.3) is 0 Å². The van der Waals surface area contributed by atoms with Crippen LogP contribution in [0, 0.1) is 13.8 Å². The minimum Gasteiger partial charge on any atom is -0.466 e. The molecule has 5 nitrogen and oxygen atoms in total. The van der Waals surface area contributed by atoms with Crippen LogP contribution < -0.4 is 10.6 Å². The Labute approximate surface area is 149 Å². The van der Waals surface area contributed by atoms with Crippen molar-refractivity contribution in [2.75, 3.05) is 13.1 Å². The number of piperidine rings is 1. The summed E-state index contributed by atoms with van der Waals surface area (Å²) in [7, 11) is 0. The summed E-state index contributed by atoms with van der Waals surface area (Å²) < 4.78 is 5.49. The Morgan fingerprint density at radius 2 is 2.08 bits per heavy atom. The molecule has 0 spiro atoms. The molecule has 5 heteroatoms. The van der Waals surface area contributed by atoms with Crippen molar-refractivity contribution >= 4 is 6.03 Å². The van der Waals surface area contributed by atoms with Gasteiger partial charge in [0.05, 0.1) is 0 Å². The number of aryl methyl sites for hydroxylation is 2. The van der Waals surface area contributed by atoms with Crippen LogP contribution in [0.15, 0.2) is 40.8 Å². The first-order valence-corrected chi connectivity index (χ1v) is 8.96. The lowest BCUT2D eigenvalue weighted by atomic mass is 10.0. The lowest BCUT2D eigenvalue weighted by Gasteiger charge is -2.33. The molecule has 1 aromatic heterocycles. The van der Waals surface area contributed by atoms with Crippen LogP contribution in [-0.4, -0.2) is 30.1 Å². The lowest BCUT2D eigenvalue weighted by molar-refractivity contribution is 0.180. The maximum absolute atomic E-state index is 12.2. The Morgan fingerprint density at radius 1 is 1.28 bits per heavy atom. The van der Waals surface area contributed by atoms with E-state index in [2.05, 4.69) is 39.8 Å². The highest BCUT2D eigenvalue weighted by Gasteiger charge is 2.21. The summed E-state index contributed by atoms with van der Waals surface area (Å²) in [5, 5.41) is 6.05. The molecule has 1 aliphatic rings. The molecule has 0 bridgehead atoms. The Morgan fingerprint density at radius 3 is 2.80 bits per heavy atom. The van der Waals surface area contributed by atoms with Gasteiger partial charge < -0.3 is 15.1 Å². The Hall–Kier alpha value is -2.27. The number of carbonyl (C=O) groups is 1. The number of hydrogen-bond acceptors (Lipinski definition) is 3. The average Bonchev–Trinajstić information content (AvgIpc) is 2.92. The van der Waals surface area contributed by atoms with Crippen molar-refractivity contribution in [2.45, 2.75) is 45.8 Å². The summed E-state index contributed by atoms with van der Waals surface area (Å²) in [4.78, 5) is 14.6. The van der Waals surface area contributed by atoms with Crippen molar-refractivity contribution in [3.05, 3.63) is 59.0 Å². The fraction of sp³-hybridized carbons (Fsp3) is 0.450. The van der Waals surface area contributed by atoms with E-state index in [0.29, 0.717) is 6.54 Å². The average molecular weight is 341 g/mol. The number of carbonyl (C=O) groups excluding carboxylic acids is 1. The molecule has 2 amide bonds. The van der Waals surface area contributed by atoms with E-state index in [0.717, 1.165) is 49.6 Å². The largest absolute Gasteiger partial charge is 0.466 e. The molecular formula is C20H27N3O2. The Balaban J connectivity index is 1.45. The molecular weight excluding hydrogens is 314 g/mol. The minimum atomic E-state index is -0.107. The fourth-order valence-electron chi connectivity index (χ4n) is 3.43. The zero-order valence-electron chi connectivity index (χ0n) is 15.0. The molecule has 0 aliphatic carbocycles. The summed E-state index contributed by atoms with van der Waals surface area (Å²) in [5.74, 6) is 1.74. The molecule has 134 valence electrons. The predicted octanol–water partition coefficient (Wildman–Crippen LogP) is 3.36. The van der Waals surface area contributed by atoms with E-state index in [1.807, 2.05) is 26.0 Å². The van der Waals surface area contributed by atoms with Crippen molar-refractivity contribution in [1.82, 2.24) is 15.5 Å². The van der Waals surface area contributed by atoms with Crippen LogP contribution in [-0.2, 0) is 13.1 Å². The van der Waals surface area contributed by atoms with E-state index < -0.39 is 0 Å². The molecule has 1 saturated heterocycles. The molecule has 2 heterocycles. The van der Waals surface area contributed by atoms with Crippen LogP contribution in [0.2, 0.25) is 0 Å². The predicted molar refractivity (Wildman–Crippen MR) is 98.3 cm³/mol. The second kappa shape index (κ2) is 8.21. The number of nitrogens with zero attached hydrogens (tertiary/aromatic N) is 1. The van der Waals surface area contributed by atoms with Gasteiger partial charge in [-0.3, -0.25) is 4.90 Å². The summed E-state index contributed by atoms with van der Waals surface area (Å²) >= 11 is 0. The Kier molecular flexibility index (Phi) is 5.76. The van der Waals surface area contributed by atoms with Crippen LogP contribution in [0.3, 0.4) is 0 Å². The van der Waals surface area contributed by atoms with Gasteiger partial charge in [0, 0.05) is 31.2 Å². The number of nitrogens with one attached hydrogen (secondary N) is 2. The lowest BCUT2D eigenvalue weighted by Crippen LogP contribution is -2.50. The Bertz CT molecular complexity index is 696. The second-order valence-corrected chi connectivity index (χ2v) is 6.83. The van der Waals surface area contributed by atoms with Gasteiger partial charge in [-0.15, -0.1) is 0 Å². The zero-order valence-corrected chi connectivity index (χ0v) is 15.0.